The molecule has 2 rings (SSSR count). The summed E-state index contributed by atoms with van der Waals surface area (Å²) in [6.07, 6.45) is -0.903. The molecule has 2 aromatic rings. The molecular formula is C15H12ClF2NO2. The number of hydrogen-bond donors (Lipinski definition) is 2. The molecule has 0 aliphatic rings. The Bertz CT molecular complexity index is 650. The lowest BCUT2D eigenvalue weighted by atomic mass is 10.1. The van der Waals surface area contributed by atoms with E-state index in [0.29, 0.717) is 5.56 Å². The van der Waals surface area contributed by atoms with E-state index in [-0.39, 0.29) is 17.1 Å². The largest absolute Gasteiger partial charge is 0.387 e. The van der Waals surface area contributed by atoms with Gasteiger partial charge in [0.15, 0.2) is 11.6 Å². The normalized spacial score (nSPS) is 12.0. The van der Waals surface area contributed by atoms with Gasteiger partial charge in [0.1, 0.15) is 0 Å². The van der Waals surface area contributed by atoms with Crippen LogP contribution in [-0.4, -0.2) is 17.6 Å². The first-order chi connectivity index (χ1) is 9.99. The Labute approximate surface area is 125 Å². The molecule has 0 saturated heterocycles. The van der Waals surface area contributed by atoms with Crippen LogP contribution >= 0.6 is 11.6 Å². The van der Waals surface area contributed by atoms with Gasteiger partial charge in [0.05, 0.1) is 16.7 Å². The van der Waals surface area contributed by atoms with Gasteiger partial charge in [-0.2, -0.15) is 0 Å². The third kappa shape index (κ3) is 3.77. The lowest BCUT2D eigenvalue weighted by Crippen LogP contribution is -2.28. The van der Waals surface area contributed by atoms with Gasteiger partial charge in [0.2, 0.25) is 0 Å². The Hall–Kier alpha value is -1.98. The minimum Gasteiger partial charge on any atom is -0.387 e. The van der Waals surface area contributed by atoms with E-state index in [1.807, 2.05) is 0 Å². The van der Waals surface area contributed by atoms with Gasteiger partial charge in [-0.05, 0) is 17.7 Å². The van der Waals surface area contributed by atoms with Crippen molar-refractivity contribution in [2.75, 3.05) is 6.54 Å². The maximum absolute atomic E-state index is 13.1. The highest BCUT2D eigenvalue weighted by molar-refractivity contribution is 6.33. The molecule has 0 heterocycles. The van der Waals surface area contributed by atoms with Crippen LogP contribution in [0.5, 0.6) is 0 Å². The quantitative estimate of drug-likeness (QED) is 0.853. The second-order valence-electron chi connectivity index (χ2n) is 4.38. The van der Waals surface area contributed by atoms with Crippen LogP contribution in [0.25, 0.3) is 0 Å². The zero-order valence-electron chi connectivity index (χ0n) is 10.8. The molecule has 0 aromatic heterocycles. The summed E-state index contributed by atoms with van der Waals surface area (Å²) in [7, 11) is 0. The van der Waals surface area contributed by atoms with Gasteiger partial charge >= 0.3 is 0 Å². The Morgan fingerprint density at radius 1 is 1.19 bits per heavy atom. The second-order valence-corrected chi connectivity index (χ2v) is 4.79. The number of carbonyl (C=O) groups excluding carboxylic acids is 1. The summed E-state index contributed by atoms with van der Waals surface area (Å²) >= 11 is 5.70. The maximum Gasteiger partial charge on any atom is 0.253 e. The predicted octanol–water partition coefficient (Wildman–Crippen LogP) is 3.08. The van der Waals surface area contributed by atoms with E-state index in [4.69, 9.17) is 11.6 Å². The molecular weight excluding hydrogens is 300 g/mol. The lowest BCUT2D eigenvalue weighted by Gasteiger charge is -2.13. The summed E-state index contributed by atoms with van der Waals surface area (Å²) in [4.78, 5) is 11.9. The molecule has 0 spiro atoms. The fourth-order valence-electron chi connectivity index (χ4n) is 1.77. The van der Waals surface area contributed by atoms with E-state index in [0.717, 1.165) is 12.1 Å². The van der Waals surface area contributed by atoms with E-state index < -0.39 is 23.6 Å². The molecule has 1 atom stereocenters. The number of nitrogens with one attached hydrogen (secondary N) is 1. The number of hydrogen-bond acceptors (Lipinski definition) is 2. The van der Waals surface area contributed by atoms with Crippen molar-refractivity contribution >= 4 is 17.5 Å². The summed E-state index contributed by atoms with van der Waals surface area (Å²) in [5, 5.41) is 12.1. The molecule has 0 fully saturated rings. The summed E-state index contributed by atoms with van der Waals surface area (Å²) < 4.78 is 26.0. The Morgan fingerprint density at radius 3 is 2.48 bits per heavy atom. The van der Waals surface area contributed by atoms with Crippen LogP contribution in [0.3, 0.4) is 0 Å². The zero-order chi connectivity index (χ0) is 15.4. The molecule has 1 amide bonds. The third-order valence-electron chi connectivity index (χ3n) is 2.89. The molecule has 0 radical (unpaired) electrons. The number of aliphatic hydroxyl groups is 1. The van der Waals surface area contributed by atoms with Crippen LogP contribution < -0.4 is 5.32 Å². The fourth-order valence-corrected chi connectivity index (χ4v) is 2.01. The fraction of sp³-hybridized carbons (Fsp3) is 0.133. The Morgan fingerprint density at radius 2 is 1.81 bits per heavy atom. The van der Waals surface area contributed by atoms with Crippen molar-refractivity contribution in [3.63, 3.8) is 0 Å². The van der Waals surface area contributed by atoms with Crippen LogP contribution in [0.4, 0.5) is 8.78 Å². The van der Waals surface area contributed by atoms with Gasteiger partial charge in [-0.15, -0.1) is 0 Å². The van der Waals surface area contributed by atoms with Crippen LogP contribution in [0, 0.1) is 11.6 Å². The Balaban J connectivity index is 2.04. The average Bonchev–Trinajstić information content (AvgIpc) is 2.49. The lowest BCUT2D eigenvalue weighted by molar-refractivity contribution is 0.0916. The van der Waals surface area contributed by atoms with Gasteiger partial charge in [0.25, 0.3) is 5.91 Å². The van der Waals surface area contributed by atoms with Crippen molar-refractivity contribution < 1.29 is 18.7 Å². The predicted molar refractivity (Wildman–Crippen MR) is 75.1 cm³/mol. The topological polar surface area (TPSA) is 49.3 Å². The number of rotatable bonds is 4. The minimum absolute atomic E-state index is 0.0713. The number of carbonyl (C=O) groups is 1. The van der Waals surface area contributed by atoms with Crippen LogP contribution in [0.1, 0.15) is 22.0 Å². The van der Waals surface area contributed by atoms with E-state index in [1.165, 1.54) is 0 Å². The van der Waals surface area contributed by atoms with Crippen molar-refractivity contribution in [1.82, 2.24) is 5.32 Å². The number of benzene rings is 2. The van der Waals surface area contributed by atoms with E-state index >= 15 is 0 Å². The molecule has 0 saturated carbocycles. The van der Waals surface area contributed by atoms with E-state index in [2.05, 4.69) is 5.32 Å². The SMILES string of the molecule is O=C(NCC(O)c1ccccc1)c1cc(F)c(F)cc1Cl. The first-order valence-corrected chi connectivity index (χ1v) is 6.52. The number of aliphatic hydroxyl groups excluding tert-OH is 1. The molecule has 6 heteroatoms. The van der Waals surface area contributed by atoms with Crippen molar-refractivity contribution in [3.05, 3.63) is 70.2 Å². The zero-order valence-corrected chi connectivity index (χ0v) is 11.6. The first kappa shape index (κ1) is 15.4. The highest BCUT2D eigenvalue weighted by Crippen LogP contribution is 2.20. The molecule has 21 heavy (non-hydrogen) atoms. The van der Waals surface area contributed by atoms with E-state index in [1.54, 1.807) is 30.3 Å². The molecule has 2 N–H and O–H groups in total. The molecule has 0 bridgehead atoms. The third-order valence-corrected chi connectivity index (χ3v) is 3.21. The van der Waals surface area contributed by atoms with Crippen molar-refractivity contribution in [2.24, 2.45) is 0 Å². The Kier molecular flexibility index (Phi) is 4.88. The number of amides is 1. The molecule has 1 unspecified atom stereocenters. The summed E-state index contributed by atoms with van der Waals surface area (Å²) in [6.45, 7) is -0.0713. The van der Waals surface area contributed by atoms with Crippen LogP contribution in [0.2, 0.25) is 5.02 Å². The highest BCUT2D eigenvalue weighted by Gasteiger charge is 2.16. The standard InChI is InChI=1S/C15H12ClF2NO2/c16-11-7-13(18)12(17)6-10(11)15(21)19-8-14(20)9-4-2-1-3-5-9/h1-7,14,20H,8H2,(H,19,21). The number of halogens is 3. The molecule has 3 nitrogen and oxygen atoms in total. The smallest absolute Gasteiger partial charge is 0.253 e. The van der Waals surface area contributed by atoms with Crippen molar-refractivity contribution in [2.45, 2.75) is 6.10 Å². The van der Waals surface area contributed by atoms with Gasteiger partial charge in [-0.1, -0.05) is 41.9 Å². The second kappa shape index (κ2) is 6.65. The van der Waals surface area contributed by atoms with Crippen molar-refractivity contribution in [3.8, 4) is 0 Å². The monoisotopic (exact) mass is 311 g/mol. The molecule has 110 valence electrons. The average molecular weight is 312 g/mol. The van der Waals surface area contributed by atoms with E-state index in [9.17, 15) is 18.7 Å². The maximum atomic E-state index is 13.1. The minimum atomic E-state index is -1.16. The summed E-state index contributed by atoms with van der Waals surface area (Å²) in [5.41, 5.74) is 0.449. The van der Waals surface area contributed by atoms with Crippen molar-refractivity contribution in [1.29, 1.82) is 0 Å². The van der Waals surface area contributed by atoms with Crippen LogP contribution in [-0.2, 0) is 0 Å². The first-order valence-electron chi connectivity index (χ1n) is 6.15. The molecule has 0 aliphatic heterocycles. The van der Waals surface area contributed by atoms with Gasteiger partial charge < -0.3 is 10.4 Å². The summed E-state index contributed by atoms with van der Waals surface area (Å²) in [6, 6.07) is 10.2. The van der Waals surface area contributed by atoms with Gasteiger partial charge in [-0.3, -0.25) is 4.79 Å². The van der Waals surface area contributed by atoms with Gasteiger partial charge in [-0.25, -0.2) is 8.78 Å². The molecule has 0 aliphatic carbocycles. The van der Waals surface area contributed by atoms with Crippen LogP contribution in [0.15, 0.2) is 42.5 Å². The van der Waals surface area contributed by atoms with Gasteiger partial charge in [0, 0.05) is 6.54 Å². The molecule has 2 aromatic carbocycles. The highest BCUT2D eigenvalue weighted by atomic mass is 35.5. The summed E-state index contributed by atoms with van der Waals surface area (Å²) in [5.74, 6) is -2.97.